The SMILES string of the molecule is CC#CCC(NCCC)c1snnc1C. The largest absolute Gasteiger partial charge is 0.308 e. The van der Waals surface area contributed by atoms with Crippen LogP contribution in [0.5, 0.6) is 0 Å². The molecule has 0 fully saturated rings. The van der Waals surface area contributed by atoms with Gasteiger partial charge in [-0.2, -0.15) is 0 Å². The molecule has 1 N–H and O–H groups in total. The predicted octanol–water partition coefficient (Wildman–Crippen LogP) is 2.30. The Kier molecular flexibility index (Phi) is 5.30. The topological polar surface area (TPSA) is 37.8 Å². The lowest BCUT2D eigenvalue weighted by molar-refractivity contribution is 0.547. The lowest BCUT2D eigenvalue weighted by atomic mass is 10.1. The number of hydrogen-bond donors (Lipinski definition) is 1. The first kappa shape index (κ1) is 12.2. The van der Waals surface area contributed by atoms with E-state index in [1.165, 1.54) is 16.4 Å². The van der Waals surface area contributed by atoms with Crippen molar-refractivity contribution in [3.05, 3.63) is 10.6 Å². The highest BCUT2D eigenvalue weighted by molar-refractivity contribution is 7.05. The Morgan fingerprint density at radius 2 is 2.33 bits per heavy atom. The molecule has 0 bridgehead atoms. The molecule has 1 atom stereocenters. The number of nitrogens with zero attached hydrogens (tertiary/aromatic N) is 2. The zero-order chi connectivity index (χ0) is 11.1. The predicted molar refractivity (Wildman–Crippen MR) is 63.7 cm³/mol. The van der Waals surface area contributed by atoms with Gasteiger partial charge in [-0.3, -0.25) is 0 Å². The van der Waals surface area contributed by atoms with Crippen molar-refractivity contribution < 1.29 is 0 Å². The Morgan fingerprint density at radius 3 is 2.87 bits per heavy atom. The minimum absolute atomic E-state index is 0.289. The summed E-state index contributed by atoms with van der Waals surface area (Å²) in [5, 5.41) is 7.51. The van der Waals surface area contributed by atoms with Crippen LogP contribution < -0.4 is 5.32 Å². The minimum Gasteiger partial charge on any atom is -0.308 e. The van der Waals surface area contributed by atoms with E-state index in [4.69, 9.17) is 0 Å². The van der Waals surface area contributed by atoms with Crippen LogP contribution in [0.2, 0.25) is 0 Å². The summed E-state index contributed by atoms with van der Waals surface area (Å²) < 4.78 is 3.96. The normalized spacial score (nSPS) is 11.9. The van der Waals surface area contributed by atoms with Crippen LogP contribution in [0.1, 0.15) is 43.3 Å². The second-order valence-electron chi connectivity index (χ2n) is 3.36. The van der Waals surface area contributed by atoms with E-state index < -0.39 is 0 Å². The van der Waals surface area contributed by atoms with Gasteiger partial charge in [-0.25, -0.2) is 0 Å². The molecule has 15 heavy (non-hydrogen) atoms. The summed E-state index contributed by atoms with van der Waals surface area (Å²) in [6.45, 7) is 7.04. The second kappa shape index (κ2) is 6.54. The molecule has 1 aromatic heterocycles. The molecule has 0 saturated heterocycles. The first-order valence-corrected chi connectivity index (χ1v) is 5.98. The van der Waals surface area contributed by atoms with Crippen molar-refractivity contribution >= 4 is 11.5 Å². The Labute approximate surface area is 95.5 Å². The van der Waals surface area contributed by atoms with Crippen LogP contribution in [0.3, 0.4) is 0 Å². The highest BCUT2D eigenvalue weighted by Crippen LogP contribution is 2.22. The van der Waals surface area contributed by atoms with Gasteiger partial charge in [0, 0.05) is 6.42 Å². The average molecular weight is 223 g/mol. The molecular weight excluding hydrogens is 206 g/mol. The van der Waals surface area contributed by atoms with E-state index in [0.717, 1.165) is 25.1 Å². The number of hydrogen-bond acceptors (Lipinski definition) is 4. The molecule has 4 heteroatoms. The van der Waals surface area contributed by atoms with Gasteiger partial charge in [0.2, 0.25) is 0 Å². The number of aromatic nitrogens is 2. The highest BCUT2D eigenvalue weighted by atomic mass is 32.1. The zero-order valence-corrected chi connectivity index (χ0v) is 10.3. The fraction of sp³-hybridized carbons (Fsp3) is 0.636. The summed E-state index contributed by atoms with van der Waals surface area (Å²) in [6.07, 6.45) is 1.96. The smallest absolute Gasteiger partial charge is 0.0773 e. The average Bonchev–Trinajstić information content (AvgIpc) is 2.65. The fourth-order valence-corrected chi connectivity index (χ4v) is 2.06. The van der Waals surface area contributed by atoms with Crippen molar-refractivity contribution in [2.24, 2.45) is 0 Å². The number of aryl methyl sites for hydroxylation is 1. The first-order valence-electron chi connectivity index (χ1n) is 5.21. The van der Waals surface area contributed by atoms with Gasteiger partial charge in [-0.15, -0.1) is 16.9 Å². The van der Waals surface area contributed by atoms with Crippen molar-refractivity contribution in [3.63, 3.8) is 0 Å². The third kappa shape index (κ3) is 3.61. The molecule has 1 unspecified atom stereocenters. The molecule has 1 aromatic rings. The number of nitrogens with one attached hydrogen (secondary N) is 1. The van der Waals surface area contributed by atoms with E-state index in [1.54, 1.807) is 0 Å². The van der Waals surface area contributed by atoms with Gasteiger partial charge in [0.1, 0.15) is 0 Å². The molecule has 0 spiro atoms. The van der Waals surface area contributed by atoms with Crippen molar-refractivity contribution in [2.45, 2.75) is 39.7 Å². The van der Waals surface area contributed by atoms with Crippen LogP contribution in [0.4, 0.5) is 0 Å². The van der Waals surface area contributed by atoms with E-state index in [2.05, 4.69) is 33.7 Å². The van der Waals surface area contributed by atoms with Gasteiger partial charge in [-0.1, -0.05) is 11.4 Å². The molecule has 0 amide bonds. The Hall–Kier alpha value is -0.920. The standard InChI is InChI=1S/C11H17N3S/c1-4-6-7-10(12-8-5-2)11-9(3)13-14-15-11/h10,12H,5,7-8H2,1-3H3. The van der Waals surface area contributed by atoms with Crippen LogP contribution >= 0.6 is 11.5 Å². The van der Waals surface area contributed by atoms with Crippen LogP contribution in [0.25, 0.3) is 0 Å². The Balaban J connectivity index is 2.70. The monoisotopic (exact) mass is 223 g/mol. The molecule has 0 aliphatic carbocycles. The molecule has 3 nitrogen and oxygen atoms in total. The zero-order valence-electron chi connectivity index (χ0n) is 9.50. The summed E-state index contributed by atoms with van der Waals surface area (Å²) in [5.41, 5.74) is 1.02. The Morgan fingerprint density at radius 1 is 1.53 bits per heavy atom. The van der Waals surface area contributed by atoms with E-state index >= 15 is 0 Å². The molecule has 0 aliphatic heterocycles. The van der Waals surface area contributed by atoms with Gasteiger partial charge < -0.3 is 5.32 Å². The molecule has 1 heterocycles. The molecule has 82 valence electrons. The quantitative estimate of drug-likeness (QED) is 0.778. The van der Waals surface area contributed by atoms with Gasteiger partial charge in [-0.05, 0) is 38.3 Å². The van der Waals surface area contributed by atoms with E-state index in [-0.39, 0.29) is 6.04 Å². The lowest BCUT2D eigenvalue weighted by Crippen LogP contribution is -2.21. The van der Waals surface area contributed by atoms with Crippen molar-refractivity contribution in [1.82, 2.24) is 14.9 Å². The van der Waals surface area contributed by atoms with Crippen LogP contribution in [-0.2, 0) is 0 Å². The minimum atomic E-state index is 0.289. The third-order valence-corrected chi connectivity index (χ3v) is 3.07. The summed E-state index contributed by atoms with van der Waals surface area (Å²) in [6, 6.07) is 0.289. The van der Waals surface area contributed by atoms with Gasteiger partial charge in [0.25, 0.3) is 0 Å². The summed E-state index contributed by atoms with van der Waals surface area (Å²) in [5.74, 6) is 6.04. The van der Waals surface area contributed by atoms with Crippen molar-refractivity contribution in [2.75, 3.05) is 6.54 Å². The first-order chi connectivity index (χ1) is 7.29. The molecule has 0 saturated carbocycles. The summed E-state index contributed by atoms with van der Waals surface area (Å²) in [7, 11) is 0. The van der Waals surface area contributed by atoms with Crippen LogP contribution in [0, 0.1) is 18.8 Å². The summed E-state index contributed by atoms with van der Waals surface area (Å²) >= 11 is 1.47. The van der Waals surface area contributed by atoms with E-state index in [0.29, 0.717) is 0 Å². The molecular formula is C11H17N3S. The van der Waals surface area contributed by atoms with Crippen molar-refractivity contribution in [3.8, 4) is 11.8 Å². The summed E-state index contributed by atoms with van der Waals surface area (Å²) in [4.78, 5) is 1.21. The highest BCUT2D eigenvalue weighted by Gasteiger charge is 2.15. The van der Waals surface area contributed by atoms with E-state index in [1.807, 2.05) is 13.8 Å². The van der Waals surface area contributed by atoms with Crippen molar-refractivity contribution in [1.29, 1.82) is 0 Å². The molecule has 0 aromatic carbocycles. The molecule has 1 rings (SSSR count). The van der Waals surface area contributed by atoms with Gasteiger partial charge in [0.05, 0.1) is 16.6 Å². The Bertz CT molecular complexity index is 348. The van der Waals surface area contributed by atoms with Crippen LogP contribution in [-0.4, -0.2) is 16.1 Å². The maximum atomic E-state index is 4.03. The van der Waals surface area contributed by atoms with Crippen LogP contribution in [0.15, 0.2) is 0 Å². The fourth-order valence-electron chi connectivity index (χ4n) is 1.34. The molecule has 0 radical (unpaired) electrons. The van der Waals surface area contributed by atoms with Gasteiger partial charge in [0.15, 0.2) is 0 Å². The van der Waals surface area contributed by atoms with Gasteiger partial charge >= 0.3 is 0 Å². The maximum absolute atomic E-state index is 4.03. The third-order valence-electron chi connectivity index (χ3n) is 2.13. The number of rotatable bonds is 5. The second-order valence-corrected chi connectivity index (χ2v) is 4.15. The lowest BCUT2D eigenvalue weighted by Gasteiger charge is -2.13. The molecule has 0 aliphatic rings. The maximum Gasteiger partial charge on any atom is 0.0773 e. The van der Waals surface area contributed by atoms with E-state index in [9.17, 15) is 0 Å².